The van der Waals surface area contributed by atoms with E-state index in [2.05, 4.69) is 10.1 Å². The molecule has 1 amide bonds. The van der Waals surface area contributed by atoms with Crippen molar-refractivity contribution in [3.8, 4) is 6.07 Å². The van der Waals surface area contributed by atoms with Crippen molar-refractivity contribution in [2.75, 3.05) is 0 Å². The smallest absolute Gasteiger partial charge is 0.252 e. The molecule has 1 heterocycles. The molecule has 0 unspecified atom stereocenters. The summed E-state index contributed by atoms with van der Waals surface area (Å²) >= 11 is 0. The van der Waals surface area contributed by atoms with E-state index in [4.69, 9.17) is 5.26 Å². The summed E-state index contributed by atoms with van der Waals surface area (Å²) in [7, 11) is 0. The monoisotopic (exact) mass is 283 g/mol. The predicted molar refractivity (Wildman–Crippen MR) is 76.9 cm³/mol. The summed E-state index contributed by atoms with van der Waals surface area (Å²) in [6, 6.07) is 11.8. The molecule has 6 heteroatoms. The minimum atomic E-state index is -0.0526. The van der Waals surface area contributed by atoms with E-state index in [-0.39, 0.29) is 24.3 Å². The van der Waals surface area contributed by atoms with Crippen molar-refractivity contribution >= 4 is 5.91 Å². The lowest BCUT2D eigenvalue weighted by atomic mass is 10.2. The van der Waals surface area contributed by atoms with Crippen LogP contribution in [0.5, 0.6) is 0 Å². The van der Waals surface area contributed by atoms with Crippen LogP contribution in [0.3, 0.4) is 0 Å². The number of hydrogen-bond acceptors (Lipinski definition) is 4. The van der Waals surface area contributed by atoms with Crippen LogP contribution in [-0.4, -0.2) is 31.6 Å². The molecular weight excluding hydrogens is 266 g/mol. The first kappa shape index (κ1) is 14.7. The van der Waals surface area contributed by atoms with Crippen LogP contribution in [-0.2, 0) is 17.9 Å². The summed E-state index contributed by atoms with van der Waals surface area (Å²) in [6.07, 6.45) is 1.40. The van der Waals surface area contributed by atoms with E-state index < -0.39 is 0 Å². The lowest BCUT2D eigenvalue weighted by Crippen LogP contribution is -2.38. The third kappa shape index (κ3) is 3.89. The van der Waals surface area contributed by atoms with Crippen molar-refractivity contribution in [3.63, 3.8) is 0 Å². The zero-order valence-electron chi connectivity index (χ0n) is 12.1. The van der Waals surface area contributed by atoms with Crippen molar-refractivity contribution < 1.29 is 4.79 Å². The molecule has 0 aliphatic heterocycles. The molecule has 21 heavy (non-hydrogen) atoms. The van der Waals surface area contributed by atoms with E-state index in [1.807, 2.05) is 50.2 Å². The van der Waals surface area contributed by atoms with Gasteiger partial charge in [-0.2, -0.15) is 5.26 Å². The Bertz CT molecular complexity index is 642. The topological polar surface area (TPSA) is 74.8 Å². The number of carbonyl (C=O) groups is 1. The van der Waals surface area contributed by atoms with Gasteiger partial charge < -0.3 is 4.90 Å². The second-order valence-electron chi connectivity index (χ2n) is 4.98. The van der Waals surface area contributed by atoms with Gasteiger partial charge in [0.1, 0.15) is 18.9 Å². The zero-order valence-corrected chi connectivity index (χ0v) is 12.1. The minimum absolute atomic E-state index is 0.0526. The van der Waals surface area contributed by atoms with Gasteiger partial charge in [-0.15, -0.1) is 5.10 Å². The van der Waals surface area contributed by atoms with Gasteiger partial charge in [0.15, 0.2) is 0 Å². The Hall–Kier alpha value is -2.68. The molecular formula is C15H17N5O. The fraction of sp³-hybridized carbons (Fsp3) is 0.333. The molecule has 0 aliphatic rings. The predicted octanol–water partition coefficient (Wildman–Crippen LogP) is 1.59. The molecule has 0 aliphatic carbocycles. The highest BCUT2D eigenvalue weighted by molar-refractivity contribution is 5.76. The fourth-order valence-corrected chi connectivity index (χ4v) is 1.99. The lowest BCUT2D eigenvalue weighted by Gasteiger charge is -2.26. The van der Waals surface area contributed by atoms with E-state index in [1.54, 1.807) is 4.90 Å². The zero-order chi connectivity index (χ0) is 15.2. The van der Waals surface area contributed by atoms with Gasteiger partial charge in [-0.05, 0) is 19.4 Å². The molecule has 2 aromatic rings. The van der Waals surface area contributed by atoms with Crippen molar-refractivity contribution in [2.24, 2.45) is 0 Å². The standard InChI is InChI=1S/C15H17N5O/c1-12(2)20(9-13-6-4-3-5-7-13)15(21)10-19-11-17-14(8-16)18-19/h3-7,11-12H,9-10H2,1-2H3. The summed E-state index contributed by atoms with van der Waals surface area (Å²) in [5, 5.41) is 12.6. The second kappa shape index (κ2) is 6.66. The molecule has 1 aromatic carbocycles. The first-order valence-electron chi connectivity index (χ1n) is 6.73. The highest BCUT2D eigenvalue weighted by Gasteiger charge is 2.18. The molecule has 1 aromatic heterocycles. The van der Waals surface area contributed by atoms with Crippen molar-refractivity contribution in [3.05, 3.63) is 48.0 Å². The first-order valence-corrected chi connectivity index (χ1v) is 6.73. The summed E-state index contributed by atoms with van der Waals surface area (Å²) in [4.78, 5) is 18.0. The Labute approximate surface area is 123 Å². The van der Waals surface area contributed by atoms with Crippen LogP contribution in [0.15, 0.2) is 36.7 Å². The van der Waals surface area contributed by atoms with Gasteiger partial charge in [-0.1, -0.05) is 30.3 Å². The number of carbonyl (C=O) groups excluding carboxylic acids is 1. The van der Waals surface area contributed by atoms with E-state index >= 15 is 0 Å². The van der Waals surface area contributed by atoms with E-state index in [0.717, 1.165) is 5.56 Å². The maximum atomic E-state index is 12.4. The van der Waals surface area contributed by atoms with Crippen LogP contribution in [0.2, 0.25) is 0 Å². The quantitative estimate of drug-likeness (QED) is 0.835. The molecule has 0 atom stereocenters. The molecule has 6 nitrogen and oxygen atoms in total. The van der Waals surface area contributed by atoms with Gasteiger partial charge >= 0.3 is 0 Å². The highest BCUT2D eigenvalue weighted by atomic mass is 16.2. The largest absolute Gasteiger partial charge is 0.334 e. The van der Waals surface area contributed by atoms with Crippen molar-refractivity contribution in [1.82, 2.24) is 19.7 Å². The Kier molecular flexibility index (Phi) is 4.67. The highest BCUT2D eigenvalue weighted by Crippen LogP contribution is 2.09. The maximum absolute atomic E-state index is 12.4. The Morgan fingerprint density at radius 1 is 1.38 bits per heavy atom. The van der Waals surface area contributed by atoms with Gasteiger partial charge in [-0.25, -0.2) is 9.67 Å². The second-order valence-corrected chi connectivity index (χ2v) is 4.98. The maximum Gasteiger partial charge on any atom is 0.252 e. The van der Waals surface area contributed by atoms with Crippen molar-refractivity contribution in [1.29, 1.82) is 5.26 Å². The first-order chi connectivity index (χ1) is 10.1. The van der Waals surface area contributed by atoms with E-state index in [9.17, 15) is 4.79 Å². The van der Waals surface area contributed by atoms with Gasteiger partial charge in [0.25, 0.3) is 5.82 Å². The lowest BCUT2D eigenvalue weighted by molar-refractivity contribution is -0.134. The van der Waals surface area contributed by atoms with E-state index in [1.165, 1.54) is 11.0 Å². The third-order valence-electron chi connectivity index (χ3n) is 3.07. The summed E-state index contributed by atoms with van der Waals surface area (Å²) in [5.41, 5.74) is 1.08. The number of aromatic nitrogens is 3. The molecule has 0 spiro atoms. The Morgan fingerprint density at radius 2 is 2.10 bits per heavy atom. The number of nitrogens with zero attached hydrogens (tertiary/aromatic N) is 5. The van der Waals surface area contributed by atoms with Crippen LogP contribution >= 0.6 is 0 Å². The van der Waals surface area contributed by atoms with E-state index in [0.29, 0.717) is 6.54 Å². The third-order valence-corrected chi connectivity index (χ3v) is 3.07. The molecule has 0 saturated carbocycles. The number of hydrogen-bond donors (Lipinski definition) is 0. The summed E-state index contributed by atoms with van der Waals surface area (Å²) in [5.74, 6) is 0.0187. The molecule has 0 fully saturated rings. The average molecular weight is 283 g/mol. The fourth-order valence-electron chi connectivity index (χ4n) is 1.99. The van der Waals surface area contributed by atoms with Gasteiger partial charge in [0, 0.05) is 12.6 Å². The minimum Gasteiger partial charge on any atom is -0.334 e. The molecule has 2 rings (SSSR count). The van der Waals surface area contributed by atoms with Crippen LogP contribution in [0.4, 0.5) is 0 Å². The summed E-state index contributed by atoms with van der Waals surface area (Å²) in [6.45, 7) is 4.59. The molecule has 0 N–H and O–H groups in total. The van der Waals surface area contributed by atoms with Gasteiger partial charge in [0.2, 0.25) is 5.91 Å². The summed E-state index contributed by atoms with van der Waals surface area (Å²) < 4.78 is 1.39. The van der Waals surface area contributed by atoms with Crippen LogP contribution in [0.1, 0.15) is 25.2 Å². The van der Waals surface area contributed by atoms with Crippen molar-refractivity contribution in [2.45, 2.75) is 33.0 Å². The number of nitriles is 1. The number of rotatable bonds is 5. The molecule has 0 saturated heterocycles. The van der Waals surface area contributed by atoms with Gasteiger partial charge in [0.05, 0.1) is 0 Å². The Morgan fingerprint density at radius 3 is 2.67 bits per heavy atom. The number of amides is 1. The molecule has 0 bridgehead atoms. The van der Waals surface area contributed by atoms with Crippen LogP contribution < -0.4 is 0 Å². The van der Waals surface area contributed by atoms with Crippen LogP contribution in [0.25, 0.3) is 0 Å². The normalized spacial score (nSPS) is 10.4. The Balaban J connectivity index is 2.07. The average Bonchev–Trinajstić information content (AvgIpc) is 2.93. The number of benzene rings is 1. The molecule has 108 valence electrons. The SMILES string of the molecule is CC(C)N(Cc1ccccc1)C(=O)Cn1cnc(C#N)n1. The van der Waals surface area contributed by atoms with Crippen LogP contribution in [0, 0.1) is 11.3 Å². The van der Waals surface area contributed by atoms with Gasteiger partial charge in [-0.3, -0.25) is 4.79 Å². The molecule has 0 radical (unpaired) electrons.